The van der Waals surface area contributed by atoms with Crippen LogP contribution in [0.2, 0.25) is 0 Å². The van der Waals surface area contributed by atoms with Crippen LogP contribution in [-0.2, 0) is 0 Å². The van der Waals surface area contributed by atoms with Crippen molar-refractivity contribution in [2.45, 2.75) is 78.6 Å². The van der Waals surface area contributed by atoms with E-state index in [0.717, 1.165) is 5.92 Å². The van der Waals surface area contributed by atoms with Gasteiger partial charge in [0.15, 0.2) is 0 Å². The molecule has 0 heterocycles. The standard InChI is InChI=1S/C14H29/c1-4-5-6-7-8-9-10-11-12-13-14(2)3/h10,14H,4-9,11-13H2,1-3H3. The summed E-state index contributed by atoms with van der Waals surface area (Å²) in [7, 11) is 0. The first-order chi connectivity index (χ1) is 6.77. The van der Waals surface area contributed by atoms with E-state index in [1.54, 1.807) is 0 Å². The summed E-state index contributed by atoms with van der Waals surface area (Å²) in [6.45, 7) is 6.90. The predicted molar refractivity (Wildman–Crippen MR) is 66.4 cm³/mol. The first-order valence-corrected chi connectivity index (χ1v) is 6.59. The maximum Gasteiger partial charge on any atom is -0.0386 e. The third-order valence-electron chi connectivity index (χ3n) is 2.70. The van der Waals surface area contributed by atoms with Crippen molar-refractivity contribution in [1.82, 2.24) is 0 Å². The molecule has 0 saturated carbocycles. The lowest BCUT2D eigenvalue weighted by molar-refractivity contribution is 0.544. The van der Waals surface area contributed by atoms with E-state index in [1.165, 1.54) is 57.8 Å². The Hall–Kier alpha value is 0. The summed E-state index contributed by atoms with van der Waals surface area (Å²) >= 11 is 0. The second kappa shape index (κ2) is 11.1. The molecular formula is C14H29. The van der Waals surface area contributed by atoms with E-state index in [4.69, 9.17) is 0 Å². The Labute approximate surface area is 91.5 Å². The van der Waals surface area contributed by atoms with Crippen molar-refractivity contribution in [3.8, 4) is 0 Å². The molecule has 0 aliphatic carbocycles. The van der Waals surface area contributed by atoms with Gasteiger partial charge in [-0.2, -0.15) is 0 Å². The van der Waals surface area contributed by atoms with Gasteiger partial charge >= 0.3 is 0 Å². The van der Waals surface area contributed by atoms with Crippen LogP contribution in [0.5, 0.6) is 0 Å². The van der Waals surface area contributed by atoms with Crippen LogP contribution in [0.4, 0.5) is 0 Å². The van der Waals surface area contributed by atoms with Crippen molar-refractivity contribution in [3.05, 3.63) is 6.42 Å². The van der Waals surface area contributed by atoms with Gasteiger partial charge in [-0.15, -0.1) is 0 Å². The van der Waals surface area contributed by atoms with Crippen molar-refractivity contribution in [2.24, 2.45) is 5.92 Å². The minimum absolute atomic E-state index is 0.882. The Kier molecular flexibility index (Phi) is 11.1. The Morgan fingerprint density at radius 3 is 2.14 bits per heavy atom. The Balaban J connectivity index is 2.85. The van der Waals surface area contributed by atoms with E-state index in [0.29, 0.717) is 0 Å². The molecule has 0 amide bonds. The Morgan fingerprint density at radius 1 is 0.857 bits per heavy atom. The fraction of sp³-hybridized carbons (Fsp3) is 0.929. The summed E-state index contributed by atoms with van der Waals surface area (Å²) in [6.07, 6.45) is 15.1. The van der Waals surface area contributed by atoms with Gasteiger partial charge in [-0.3, -0.25) is 0 Å². The normalized spacial score (nSPS) is 11.1. The van der Waals surface area contributed by atoms with Crippen LogP contribution in [0.3, 0.4) is 0 Å². The van der Waals surface area contributed by atoms with Crippen molar-refractivity contribution in [2.75, 3.05) is 0 Å². The predicted octanol–water partition coefficient (Wildman–Crippen LogP) is 5.38. The maximum atomic E-state index is 2.49. The van der Waals surface area contributed by atoms with Gasteiger partial charge in [0.25, 0.3) is 0 Å². The van der Waals surface area contributed by atoms with Crippen LogP contribution in [-0.4, -0.2) is 0 Å². The van der Waals surface area contributed by atoms with Gasteiger partial charge in [-0.25, -0.2) is 0 Å². The zero-order chi connectivity index (χ0) is 10.6. The van der Waals surface area contributed by atoms with Crippen molar-refractivity contribution < 1.29 is 0 Å². The average Bonchev–Trinajstić information content (AvgIpc) is 2.15. The van der Waals surface area contributed by atoms with Gasteiger partial charge in [0, 0.05) is 0 Å². The molecule has 0 atom stereocenters. The number of hydrogen-bond acceptors (Lipinski definition) is 0. The van der Waals surface area contributed by atoms with Crippen LogP contribution in [0.25, 0.3) is 0 Å². The van der Waals surface area contributed by atoms with E-state index >= 15 is 0 Å². The number of hydrogen-bond donors (Lipinski definition) is 0. The molecule has 0 bridgehead atoms. The van der Waals surface area contributed by atoms with E-state index in [2.05, 4.69) is 27.2 Å². The summed E-state index contributed by atoms with van der Waals surface area (Å²) in [4.78, 5) is 0. The SMILES string of the molecule is CCCCCCC[CH]CCCC(C)C. The Morgan fingerprint density at radius 2 is 1.50 bits per heavy atom. The fourth-order valence-electron chi connectivity index (χ4n) is 1.71. The molecule has 0 rings (SSSR count). The van der Waals surface area contributed by atoms with Crippen LogP contribution in [0.1, 0.15) is 78.6 Å². The third kappa shape index (κ3) is 12.0. The molecular weight excluding hydrogens is 168 g/mol. The Bertz CT molecular complexity index is 94.2. The van der Waals surface area contributed by atoms with Gasteiger partial charge in [0.2, 0.25) is 0 Å². The van der Waals surface area contributed by atoms with Gasteiger partial charge in [-0.1, -0.05) is 78.6 Å². The monoisotopic (exact) mass is 197 g/mol. The average molecular weight is 197 g/mol. The first kappa shape index (κ1) is 14.0. The number of unbranched alkanes of at least 4 members (excludes halogenated alkanes) is 8. The molecule has 1 radical (unpaired) electrons. The van der Waals surface area contributed by atoms with Crippen molar-refractivity contribution in [1.29, 1.82) is 0 Å². The molecule has 0 saturated heterocycles. The molecule has 0 N–H and O–H groups in total. The molecule has 0 aliphatic heterocycles. The molecule has 0 aromatic carbocycles. The molecule has 0 heteroatoms. The molecule has 0 fully saturated rings. The highest BCUT2D eigenvalue weighted by molar-refractivity contribution is 4.65. The molecule has 0 unspecified atom stereocenters. The van der Waals surface area contributed by atoms with Crippen LogP contribution < -0.4 is 0 Å². The summed E-state index contributed by atoms with van der Waals surface area (Å²) < 4.78 is 0. The zero-order valence-corrected chi connectivity index (χ0v) is 10.5. The smallest absolute Gasteiger partial charge is 0.0386 e. The van der Waals surface area contributed by atoms with E-state index < -0.39 is 0 Å². The summed E-state index contributed by atoms with van der Waals surface area (Å²) in [5, 5.41) is 0. The second-order valence-electron chi connectivity index (χ2n) is 4.82. The number of rotatable bonds is 10. The highest BCUT2D eigenvalue weighted by Gasteiger charge is 1.94. The van der Waals surface area contributed by atoms with Gasteiger partial charge < -0.3 is 0 Å². The van der Waals surface area contributed by atoms with Crippen LogP contribution in [0.15, 0.2) is 0 Å². The fourth-order valence-corrected chi connectivity index (χ4v) is 1.71. The van der Waals surface area contributed by atoms with Crippen LogP contribution in [0, 0.1) is 12.3 Å². The summed E-state index contributed by atoms with van der Waals surface area (Å²) in [5.41, 5.74) is 0. The second-order valence-corrected chi connectivity index (χ2v) is 4.82. The highest BCUT2D eigenvalue weighted by Crippen LogP contribution is 2.11. The van der Waals surface area contributed by atoms with Crippen molar-refractivity contribution >= 4 is 0 Å². The minimum Gasteiger partial charge on any atom is -0.0654 e. The van der Waals surface area contributed by atoms with E-state index in [9.17, 15) is 0 Å². The zero-order valence-electron chi connectivity index (χ0n) is 10.5. The molecule has 0 nitrogen and oxygen atoms in total. The molecule has 0 aromatic rings. The minimum atomic E-state index is 0.882. The van der Waals surface area contributed by atoms with Crippen molar-refractivity contribution in [3.63, 3.8) is 0 Å². The third-order valence-corrected chi connectivity index (χ3v) is 2.70. The van der Waals surface area contributed by atoms with E-state index in [1.807, 2.05) is 0 Å². The molecule has 0 aromatic heterocycles. The topological polar surface area (TPSA) is 0 Å². The van der Waals surface area contributed by atoms with Gasteiger partial charge in [0.05, 0.1) is 0 Å². The molecule has 0 aliphatic rings. The summed E-state index contributed by atoms with van der Waals surface area (Å²) in [5.74, 6) is 0.882. The van der Waals surface area contributed by atoms with Gasteiger partial charge in [-0.05, 0) is 12.3 Å². The molecule has 14 heavy (non-hydrogen) atoms. The van der Waals surface area contributed by atoms with Gasteiger partial charge in [0.1, 0.15) is 0 Å². The molecule has 85 valence electrons. The molecule has 0 spiro atoms. The quantitative estimate of drug-likeness (QED) is 0.413. The lowest BCUT2D eigenvalue weighted by Crippen LogP contribution is -1.87. The largest absolute Gasteiger partial charge is 0.0654 e. The first-order valence-electron chi connectivity index (χ1n) is 6.59. The lowest BCUT2D eigenvalue weighted by atomic mass is 10.0. The maximum absolute atomic E-state index is 2.49. The van der Waals surface area contributed by atoms with E-state index in [-0.39, 0.29) is 0 Å². The lowest BCUT2D eigenvalue weighted by Gasteiger charge is -2.03. The highest BCUT2D eigenvalue weighted by atomic mass is 14.0. The van der Waals surface area contributed by atoms with Crippen LogP contribution >= 0.6 is 0 Å². The summed E-state index contributed by atoms with van der Waals surface area (Å²) in [6, 6.07) is 0.